The van der Waals surface area contributed by atoms with Crippen LogP contribution in [0.2, 0.25) is 0 Å². The third-order valence-electron chi connectivity index (χ3n) is 5.02. The minimum atomic E-state index is -0.391. The van der Waals surface area contributed by atoms with Crippen molar-refractivity contribution in [1.82, 2.24) is 0 Å². The first-order valence-electron chi connectivity index (χ1n) is 8.49. The number of hydrogen-bond donors (Lipinski definition) is 0. The lowest BCUT2D eigenvalue weighted by Gasteiger charge is -2.37. The molecule has 1 aliphatic carbocycles. The molecule has 3 heteroatoms. The average Bonchev–Trinajstić information content (AvgIpc) is 2.53. The van der Waals surface area contributed by atoms with E-state index >= 15 is 0 Å². The van der Waals surface area contributed by atoms with Crippen LogP contribution in [0.3, 0.4) is 0 Å². The number of benzene rings is 1. The highest BCUT2D eigenvalue weighted by Crippen LogP contribution is 2.46. The van der Waals surface area contributed by atoms with Crippen molar-refractivity contribution in [3.05, 3.63) is 29.1 Å². The predicted octanol–water partition coefficient (Wildman–Crippen LogP) is 5.33. The lowest BCUT2D eigenvalue weighted by molar-refractivity contribution is 0.0700. The highest BCUT2D eigenvalue weighted by Gasteiger charge is 2.43. The molecule has 0 bridgehead atoms. The summed E-state index contributed by atoms with van der Waals surface area (Å²) >= 11 is 0. The number of ketones is 1. The molecule has 0 heterocycles. The number of hydrogen-bond acceptors (Lipinski definition) is 2. The molecular formula is C19H27FO2. The molecule has 1 aliphatic rings. The summed E-state index contributed by atoms with van der Waals surface area (Å²) in [7, 11) is 1.58. The number of carbonyl (C=O) groups excluding carboxylic acids is 1. The Hall–Kier alpha value is -1.38. The third-order valence-corrected chi connectivity index (χ3v) is 5.02. The Bertz CT molecular complexity index is 528. The molecule has 0 spiro atoms. The number of fused-ring (bicyclic) bond motifs is 1. The molecule has 0 radical (unpaired) electrons. The maximum Gasteiger partial charge on any atom is 0.172 e. The highest BCUT2D eigenvalue weighted by atomic mass is 19.1. The van der Waals surface area contributed by atoms with Gasteiger partial charge in [0.2, 0.25) is 0 Å². The normalized spacial score (nSPS) is 16.5. The largest absolute Gasteiger partial charge is 0.496 e. The van der Waals surface area contributed by atoms with Crippen molar-refractivity contribution < 1.29 is 13.9 Å². The molecular weight excluding hydrogens is 279 g/mol. The summed E-state index contributed by atoms with van der Waals surface area (Å²) < 4.78 is 19.7. The molecule has 0 aliphatic heterocycles. The SMILES string of the molecule is CCCCC1(CCCC)CCc2c(OC)ccc(F)c2C1=O. The fraction of sp³-hybridized carbons (Fsp3) is 0.632. The number of ether oxygens (including phenoxy) is 1. The Labute approximate surface area is 133 Å². The Morgan fingerprint density at radius 2 is 1.82 bits per heavy atom. The van der Waals surface area contributed by atoms with Crippen LogP contribution in [-0.2, 0) is 6.42 Å². The molecule has 1 aromatic rings. The molecule has 0 aromatic heterocycles. The molecule has 0 amide bonds. The maximum absolute atomic E-state index is 14.3. The smallest absolute Gasteiger partial charge is 0.172 e. The van der Waals surface area contributed by atoms with E-state index in [0.29, 0.717) is 5.75 Å². The quantitative estimate of drug-likeness (QED) is 0.680. The van der Waals surface area contributed by atoms with Crippen LogP contribution in [0.25, 0.3) is 0 Å². The van der Waals surface area contributed by atoms with Crippen LogP contribution >= 0.6 is 0 Å². The van der Waals surface area contributed by atoms with Gasteiger partial charge in [-0.3, -0.25) is 4.79 Å². The topological polar surface area (TPSA) is 26.3 Å². The minimum absolute atomic E-state index is 0.00653. The Morgan fingerprint density at radius 1 is 1.18 bits per heavy atom. The van der Waals surface area contributed by atoms with Crippen LogP contribution in [0.5, 0.6) is 5.75 Å². The van der Waals surface area contributed by atoms with Crippen molar-refractivity contribution in [2.24, 2.45) is 5.41 Å². The minimum Gasteiger partial charge on any atom is -0.496 e. The van der Waals surface area contributed by atoms with Gasteiger partial charge in [0.05, 0.1) is 12.7 Å². The van der Waals surface area contributed by atoms with Crippen molar-refractivity contribution in [3.63, 3.8) is 0 Å². The van der Waals surface area contributed by atoms with Gasteiger partial charge in [-0.25, -0.2) is 4.39 Å². The first kappa shape index (κ1) is 17.0. The van der Waals surface area contributed by atoms with Gasteiger partial charge in [0.15, 0.2) is 5.78 Å². The summed E-state index contributed by atoms with van der Waals surface area (Å²) in [4.78, 5) is 13.1. The molecule has 0 atom stereocenters. The number of Topliss-reactive ketones (excluding diaryl/α,β-unsaturated/α-hetero) is 1. The fourth-order valence-corrected chi connectivity index (χ4v) is 3.66. The molecule has 0 saturated heterocycles. The fourth-order valence-electron chi connectivity index (χ4n) is 3.66. The van der Waals surface area contributed by atoms with Crippen LogP contribution in [0.15, 0.2) is 12.1 Å². The van der Waals surface area contributed by atoms with E-state index in [0.717, 1.165) is 56.9 Å². The molecule has 22 heavy (non-hydrogen) atoms. The van der Waals surface area contributed by atoms with Crippen LogP contribution in [-0.4, -0.2) is 12.9 Å². The van der Waals surface area contributed by atoms with Gasteiger partial charge >= 0.3 is 0 Å². The number of carbonyl (C=O) groups is 1. The summed E-state index contributed by atoms with van der Waals surface area (Å²) in [5, 5.41) is 0. The van der Waals surface area contributed by atoms with E-state index in [-0.39, 0.29) is 16.8 Å². The molecule has 0 fully saturated rings. The second-order valence-electron chi connectivity index (χ2n) is 6.42. The molecule has 2 nitrogen and oxygen atoms in total. The number of halogens is 1. The van der Waals surface area contributed by atoms with Gasteiger partial charge in [-0.15, -0.1) is 0 Å². The van der Waals surface area contributed by atoms with Crippen molar-refractivity contribution in [1.29, 1.82) is 0 Å². The van der Waals surface area contributed by atoms with Crippen molar-refractivity contribution >= 4 is 5.78 Å². The Balaban J connectivity index is 2.43. The highest BCUT2D eigenvalue weighted by molar-refractivity contribution is 6.03. The first-order chi connectivity index (χ1) is 10.6. The van der Waals surface area contributed by atoms with Crippen molar-refractivity contribution in [2.75, 3.05) is 7.11 Å². The number of rotatable bonds is 7. The van der Waals surface area contributed by atoms with Crippen LogP contribution < -0.4 is 4.74 Å². The molecule has 0 saturated carbocycles. The van der Waals surface area contributed by atoms with E-state index in [1.54, 1.807) is 13.2 Å². The lowest BCUT2D eigenvalue weighted by Crippen LogP contribution is -2.37. The zero-order valence-electron chi connectivity index (χ0n) is 14.0. The molecule has 1 aromatic carbocycles. The molecule has 0 unspecified atom stereocenters. The summed E-state index contributed by atoms with van der Waals surface area (Å²) in [6, 6.07) is 3.00. The van der Waals surface area contributed by atoms with Crippen LogP contribution in [0.1, 0.15) is 74.7 Å². The van der Waals surface area contributed by atoms with Gasteiger partial charge in [-0.1, -0.05) is 39.5 Å². The van der Waals surface area contributed by atoms with Crippen LogP contribution in [0, 0.1) is 11.2 Å². The van der Waals surface area contributed by atoms with Gasteiger partial charge in [0.1, 0.15) is 11.6 Å². The van der Waals surface area contributed by atoms with Gasteiger partial charge < -0.3 is 4.74 Å². The van der Waals surface area contributed by atoms with Crippen molar-refractivity contribution in [2.45, 2.75) is 65.2 Å². The zero-order chi connectivity index (χ0) is 16.2. The van der Waals surface area contributed by atoms with E-state index in [1.165, 1.54) is 6.07 Å². The summed E-state index contributed by atoms with van der Waals surface area (Å²) in [5.41, 5.74) is 0.681. The lowest BCUT2D eigenvalue weighted by atomic mass is 9.65. The van der Waals surface area contributed by atoms with Gasteiger partial charge in [-0.2, -0.15) is 0 Å². The third kappa shape index (κ3) is 3.04. The first-order valence-corrected chi connectivity index (χ1v) is 8.49. The second-order valence-corrected chi connectivity index (χ2v) is 6.42. The predicted molar refractivity (Wildman–Crippen MR) is 87.1 cm³/mol. The van der Waals surface area contributed by atoms with E-state index in [4.69, 9.17) is 4.74 Å². The van der Waals surface area contributed by atoms with E-state index in [9.17, 15) is 9.18 Å². The number of methoxy groups -OCH3 is 1. The standard InChI is InChI=1S/C19H27FO2/c1-4-6-11-19(12-7-5-2)13-10-14-16(22-3)9-8-15(20)17(14)18(19)21/h8-9H,4-7,10-13H2,1-3H3. The number of unbranched alkanes of at least 4 members (excludes halogenated alkanes) is 2. The Morgan fingerprint density at radius 3 is 2.36 bits per heavy atom. The second kappa shape index (κ2) is 7.26. The molecule has 2 rings (SSSR count). The average molecular weight is 306 g/mol. The molecule has 0 N–H and O–H groups in total. The van der Waals surface area contributed by atoms with Gasteiger partial charge in [0.25, 0.3) is 0 Å². The van der Waals surface area contributed by atoms with Gasteiger partial charge in [-0.05, 0) is 37.8 Å². The zero-order valence-corrected chi connectivity index (χ0v) is 14.0. The Kier molecular flexibility index (Phi) is 5.60. The summed E-state index contributed by atoms with van der Waals surface area (Å²) in [6.45, 7) is 4.27. The van der Waals surface area contributed by atoms with Gasteiger partial charge in [0, 0.05) is 11.0 Å². The maximum atomic E-state index is 14.3. The van der Waals surface area contributed by atoms with E-state index < -0.39 is 5.82 Å². The van der Waals surface area contributed by atoms with E-state index in [2.05, 4.69) is 13.8 Å². The summed E-state index contributed by atoms with van der Waals surface area (Å²) in [6.07, 6.45) is 7.47. The van der Waals surface area contributed by atoms with E-state index in [1.807, 2.05) is 0 Å². The van der Waals surface area contributed by atoms with Crippen molar-refractivity contribution in [3.8, 4) is 5.75 Å². The van der Waals surface area contributed by atoms with Crippen LogP contribution in [0.4, 0.5) is 4.39 Å². The monoisotopic (exact) mass is 306 g/mol. The summed E-state index contributed by atoms with van der Waals surface area (Å²) in [5.74, 6) is 0.259. The molecule has 122 valence electrons.